The number of nitriles is 1. The highest BCUT2D eigenvalue weighted by Gasteiger charge is 2.40. The fourth-order valence-electron chi connectivity index (χ4n) is 3.28. The van der Waals surface area contributed by atoms with Gasteiger partial charge in [-0.05, 0) is 33.2 Å². The molecule has 2 aliphatic rings. The van der Waals surface area contributed by atoms with Crippen LogP contribution in [0.2, 0.25) is 0 Å². The molecule has 2 unspecified atom stereocenters. The highest BCUT2D eigenvalue weighted by atomic mass is 16.5. The van der Waals surface area contributed by atoms with Crippen LogP contribution in [0.1, 0.15) is 33.1 Å². The Balaban J connectivity index is 1.96. The zero-order chi connectivity index (χ0) is 18.4. The molecule has 3 amide bonds. The normalized spacial score (nSPS) is 28.7. The van der Waals surface area contributed by atoms with Gasteiger partial charge in [0, 0.05) is 25.7 Å². The molecule has 2 aliphatic heterocycles. The molecule has 0 aliphatic carbocycles. The summed E-state index contributed by atoms with van der Waals surface area (Å²) in [6.07, 6.45) is 1.64. The third-order valence-corrected chi connectivity index (χ3v) is 5.18. The minimum Gasteiger partial charge on any atom is -0.378 e. The number of carbonyl (C=O) groups is 2. The molecule has 2 N–H and O–H groups in total. The van der Waals surface area contributed by atoms with Crippen molar-refractivity contribution in [1.29, 1.82) is 5.26 Å². The number of nitrogens with one attached hydrogen (secondary N) is 2. The quantitative estimate of drug-likeness (QED) is 0.759. The first kappa shape index (κ1) is 19.5. The second-order valence-electron chi connectivity index (χ2n) is 6.98. The lowest BCUT2D eigenvalue weighted by atomic mass is 9.84. The highest BCUT2D eigenvalue weighted by Crippen LogP contribution is 2.25. The van der Waals surface area contributed by atoms with Crippen LogP contribution < -0.4 is 10.6 Å². The average molecular weight is 351 g/mol. The molecular formula is C17H29N5O3. The lowest BCUT2D eigenvalue weighted by Gasteiger charge is -2.41. The number of morpholine rings is 1. The van der Waals surface area contributed by atoms with Gasteiger partial charge in [-0.1, -0.05) is 6.92 Å². The van der Waals surface area contributed by atoms with Crippen LogP contribution in [0.25, 0.3) is 0 Å². The van der Waals surface area contributed by atoms with Gasteiger partial charge in [-0.25, -0.2) is 4.79 Å². The van der Waals surface area contributed by atoms with E-state index < -0.39 is 11.6 Å². The zero-order valence-corrected chi connectivity index (χ0v) is 15.4. The largest absolute Gasteiger partial charge is 0.378 e. The van der Waals surface area contributed by atoms with E-state index in [0.29, 0.717) is 45.6 Å². The van der Waals surface area contributed by atoms with E-state index in [9.17, 15) is 14.9 Å². The van der Waals surface area contributed by atoms with E-state index in [0.717, 1.165) is 6.54 Å². The molecule has 3 atom stereocenters. The van der Waals surface area contributed by atoms with E-state index in [1.165, 1.54) is 0 Å². The van der Waals surface area contributed by atoms with Crippen molar-refractivity contribution in [2.24, 2.45) is 0 Å². The van der Waals surface area contributed by atoms with Crippen LogP contribution in [0.5, 0.6) is 0 Å². The topological polar surface area (TPSA) is 97.7 Å². The first-order valence-corrected chi connectivity index (χ1v) is 8.97. The maximum Gasteiger partial charge on any atom is 0.318 e. The lowest BCUT2D eigenvalue weighted by Crippen LogP contribution is -2.61. The van der Waals surface area contributed by atoms with Crippen molar-refractivity contribution in [3.63, 3.8) is 0 Å². The van der Waals surface area contributed by atoms with Gasteiger partial charge in [0.1, 0.15) is 11.6 Å². The Morgan fingerprint density at radius 1 is 1.36 bits per heavy atom. The maximum absolute atomic E-state index is 12.7. The van der Waals surface area contributed by atoms with E-state index >= 15 is 0 Å². The fraction of sp³-hybridized carbons (Fsp3) is 0.824. The third-order valence-electron chi connectivity index (χ3n) is 5.18. The van der Waals surface area contributed by atoms with Crippen LogP contribution in [0.4, 0.5) is 4.79 Å². The summed E-state index contributed by atoms with van der Waals surface area (Å²) in [5, 5.41) is 15.3. The molecule has 0 aromatic rings. The molecule has 140 valence electrons. The van der Waals surface area contributed by atoms with Gasteiger partial charge < -0.3 is 25.2 Å². The first-order valence-electron chi connectivity index (χ1n) is 8.97. The van der Waals surface area contributed by atoms with Gasteiger partial charge in [-0.15, -0.1) is 0 Å². The number of piperidine rings is 1. The van der Waals surface area contributed by atoms with Crippen LogP contribution in [0, 0.1) is 11.3 Å². The summed E-state index contributed by atoms with van der Waals surface area (Å²) < 4.78 is 5.23. The second-order valence-corrected chi connectivity index (χ2v) is 6.98. The number of carbonyl (C=O) groups excluding carboxylic acids is 2. The molecule has 0 aromatic carbocycles. The summed E-state index contributed by atoms with van der Waals surface area (Å²) >= 11 is 0. The van der Waals surface area contributed by atoms with Crippen molar-refractivity contribution in [2.75, 3.05) is 39.9 Å². The van der Waals surface area contributed by atoms with Crippen LogP contribution in [-0.2, 0) is 9.53 Å². The lowest BCUT2D eigenvalue weighted by molar-refractivity contribution is -0.125. The number of amides is 3. The smallest absolute Gasteiger partial charge is 0.318 e. The van der Waals surface area contributed by atoms with Crippen molar-refractivity contribution in [1.82, 2.24) is 20.4 Å². The Morgan fingerprint density at radius 3 is 2.60 bits per heavy atom. The van der Waals surface area contributed by atoms with Gasteiger partial charge in [0.25, 0.3) is 0 Å². The Bertz CT molecular complexity index is 529. The molecule has 8 heteroatoms. The van der Waals surface area contributed by atoms with Gasteiger partial charge in [0.15, 0.2) is 0 Å². The average Bonchev–Trinajstić information content (AvgIpc) is 2.63. The summed E-state index contributed by atoms with van der Waals surface area (Å²) in [5.41, 5.74) is -0.861. The molecule has 8 nitrogen and oxygen atoms in total. The Hall–Kier alpha value is -1.85. The zero-order valence-electron chi connectivity index (χ0n) is 15.4. The van der Waals surface area contributed by atoms with Gasteiger partial charge in [-0.3, -0.25) is 4.79 Å². The monoisotopic (exact) mass is 351 g/mol. The predicted molar refractivity (Wildman–Crippen MR) is 92.8 cm³/mol. The highest BCUT2D eigenvalue weighted by molar-refractivity contribution is 5.87. The number of hydrogen-bond acceptors (Lipinski definition) is 5. The summed E-state index contributed by atoms with van der Waals surface area (Å²) in [5.74, 6) is -0.289. The fourth-order valence-corrected chi connectivity index (χ4v) is 3.28. The molecule has 0 bridgehead atoms. The standard InChI is InChI=1S/C17H29N5O3/c1-4-14(19-16(24)22-7-9-25-10-8-22)15(23)20-17(12-18)5-6-21(3)13(2)11-17/h13-14H,4-11H2,1-3H3,(H,19,24)(H,20,23)/t13?,14-,17?/m0/s1. The van der Waals surface area contributed by atoms with Crippen LogP contribution >= 0.6 is 0 Å². The van der Waals surface area contributed by atoms with Crippen LogP contribution in [0.15, 0.2) is 0 Å². The van der Waals surface area contributed by atoms with E-state index in [1.807, 2.05) is 14.0 Å². The molecular weight excluding hydrogens is 322 g/mol. The summed E-state index contributed by atoms with van der Waals surface area (Å²) in [4.78, 5) is 28.8. The number of likely N-dealkylation sites (tertiary alicyclic amines) is 1. The Labute approximate surface area is 149 Å². The molecule has 0 aromatic heterocycles. The van der Waals surface area contributed by atoms with E-state index in [1.54, 1.807) is 4.90 Å². The minimum atomic E-state index is -0.861. The first-order chi connectivity index (χ1) is 11.9. The van der Waals surface area contributed by atoms with Crippen molar-refractivity contribution in [3.05, 3.63) is 0 Å². The van der Waals surface area contributed by atoms with E-state index in [-0.39, 0.29) is 18.0 Å². The summed E-state index contributed by atoms with van der Waals surface area (Å²) in [6.45, 7) is 6.73. The SMILES string of the molecule is CC[C@H](NC(=O)N1CCOCC1)C(=O)NC1(C#N)CCN(C)C(C)C1. The molecule has 2 fully saturated rings. The molecule has 0 radical (unpaired) electrons. The third kappa shape index (κ3) is 4.83. The summed E-state index contributed by atoms with van der Waals surface area (Å²) in [6, 6.07) is 1.62. The van der Waals surface area contributed by atoms with Crippen LogP contribution in [0.3, 0.4) is 0 Å². The van der Waals surface area contributed by atoms with Crippen molar-refractivity contribution in [3.8, 4) is 6.07 Å². The Morgan fingerprint density at radius 2 is 2.04 bits per heavy atom. The van der Waals surface area contributed by atoms with Crippen molar-refractivity contribution >= 4 is 11.9 Å². The second kappa shape index (κ2) is 8.50. The molecule has 25 heavy (non-hydrogen) atoms. The minimum absolute atomic E-state index is 0.219. The van der Waals surface area contributed by atoms with E-state index in [2.05, 4.69) is 28.5 Å². The number of rotatable bonds is 4. The van der Waals surface area contributed by atoms with Gasteiger partial charge in [-0.2, -0.15) is 5.26 Å². The number of urea groups is 1. The van der Waals surface area contributed by atoms with Gasteiger partial charge in [0.05, 0.1) is 19.3 Å². The Kier molecular flexibility index (Phi) is 6.62. The summed E-state index contributed by atoms with van der Waals surface area (Å²) in [7, 11) is 2.02. The van der Waals surface area contributed by atoms with Gasteiger partial charge >= 0.3 is 6.03 Å². The van der Waals surface area contributed by atoms with Gasteiger partial charge in [0.2, 0.25) is 5.91 Å². The predicted octanol–water partition coefficient (Wildman–Crippen LogP) is 0.299. The maximum atomic E-state index is 12.7. The molecule has 0 saturated carbocycles. The molecule has 2 heterocycles. The van der Waals surface area contributed by atoms with Crippen molar-refractivity contribution in [2.45, 2.75) is 50.7 Å². The number of ether oxygens (including phenoxy) is 1. The molecule has 0 spiro atoms. The molecule has 2 rings (SSSR count). The van der Waals surface area contributed by atoms with Crippen molar-refractivity contribution < 1.29 is 14.3 Å². The number of hydrogen-bond donors (Lipinski definition) is 2. The van der Waals surface area contributed by atoms with Crippen LogP contribution in [-0.4, -0.2) is 79.3 Å². The molecule has 2 saturated heterocycles. The van der Waals surface area contributed by atoms with E-state index in [4.69, 9.17) is 4.74 Å². The number of nitrogens with zero attached hydrogens (tertiary/aromatic N) is 3.